The molecule has 0 bridgehead atoms. The Hall–Kier alpha value is -1.06. The van der Waals surface area contributed by atoms with Crippen molar-refractivity contribution in [2.24, 2.45) is 0 Å². The first-order valence-electron chi connectivity index (χ1n) is 5.53. The van der Waals surface area contributed by atoms with Crippen LogP contribution in [-0.2, 0) is 15.9 Å². The third-order valence-electron chi connectivity index (χ3n) is 2.45. The molecule has 0 saturated carbocycles. The molecule has 1 aromatic carbocycles. The van der Waals surface area contributed by atoms with E-state index in [9.17, 15) is 0 Å². The average molecular weight is 224 g/mol. The topological polar surface area (TPSA) is 27.7 Å². The van der Waals surface area contributed by atoms with Crippen molar-refractivity contribution in [3.05, 3.63) is 29.8 Å². The molecule has 0 aliphatic heterocycles. The summed E-state index contributed by atoms with van der Waals surface area (Å²) in [5, 5.41) is 0. The summed E-state index contributed by atoms with van der Waals surface area (Å²) < 4.78 is 15.5. The van der Waals surface area contributed by atoms with E-state index < -0.39 is 0 Å². The van der Waals surface area contributed by atoms with Crippen LogP contribution in [0.2, 0.25) is 0 Å². The largest absolute Gasteiger partial charge is 0.497 e. The lowest BCUT2D eigenvalue weighted by Crippen LogP contribution is -2.11. The number of ether oxygens (including phenoxy) is 3. The molecular formula is C13H20O3. The fourth-order valence-corrected chi connectivity index (χ4v) is 1.39. The summed E-state index contributed by atoms with van der Waals surface area (Å²) in [7, 11) is 3.32. The molecule has 1 atom stereocenters. The zero-order chi connectivity index (χ0) is 11.8. The van der Waals surface area contributed by atoms with Crippen molar-refractivity contribution in [3.8, 4) is 5.75 Å². The molecule has 3 nitrogen and oxygen atoms in total. The second-order valence-corrected chi connectivity index (χ2v) is 3.63. The standard InChI is InChI=1S/C13H20O3/c1-11(14-2)16-10-4-5-12-6-8-13(15-3)9-7-12/h6-9,11H,4-5,10H2,1-3H3. The molecule has 90 valence electrons. The minimum absolute atomic E-state index is 0.115. The van der Waals surface area contributed by atoms with Gasteiger partial charge in [0.2, 0.25) is 0 Å². The van der Waals surface area contributed by atoms with Gasteiger partial charge in [0, 0.05) is 7.11 Å². The Balaban J connectivity index is 2.21. The molecule has 0 aliphatic rings. The lowest BCUT2D eigenvalue weighted by Gasteiger charge is -2.10. The molecule has 0 N–H and O–H groups in total. The molecule has 1 aromatic rings. The van der Waals surface area contributed by atoms with Gasteiger partial charge < -0.3 is 14.2 Å². The fourth-order valence-electron chi connectivity index (χ4n) is 1.39. The van der Waals surface area contributed by atoms with Gasteiger partial charge >= 0.3 is 0 Å². The number of benzene rings is 1. The first kappa shape index (κ1) is 13.0. The van der Waals surface area contributed by atoms with Crippen molar-refractivity contribution in [1.29, 1.82) is 0 Å². The Morgan fingerprint density at radius 2 is 1.81 bits per heavy atom. The van der Waals surface area contributed by atoms with Gasteiger partial charge in [-0.15, -0.1) is 0 Å². The molecule has 0 spiro atoms. The molecule has 0 aliphatic carbocycles. The highest BCUT2D eigenvalue weighted by Gasteiger charge is 1.99. The van der Waals surface area contributed by atoms with Gasteiger partial charge in [-0.2, -0.15) is 0 Å². The molecular weight excluding hydrogens is 204 g/mol. The van der Waals surface area contributed by atoms with Crippen molar-refractivity contribution in [2.45, 2.75) is 26.1 Å². The van der Waals surface area contributed by atoms with Crippen molar-refractivity contribution in [2.75, 3.05) is 20.8 Å². The maximum absolute atomic E-state index is 5.41. The van der Waals surface area contributed by atoms with E-state index >= 15 is 0 Å². The SMILES string of the molecule is COc1ccc(CCCOC(C)OC)cc1. The van der Waals surface area contributed by atoms with Crippen LogP contribution in [0.1, 0.15) is 18.9 Å². The molecule has 0 amide bonds. The van der Waals surface area contributed by atoms with Crippen LogP contribution >= 0.6 is 0 Å². The third-order valence-corrected chi connectivity index (χ3v) is 2.45. The van der Waals surface area contributed by atoms with Crippen molar-refractivity contribution < 1.29 is 14.2 Å². The highest BCUT2D eigenvalue weighted by atomic mass is 16.7. The second kappa shape index (κ2) is 7.25. The molecule has 0 radical (unpaired) electrons. The maximum Gasteiger partial charge on any atom is 0.154 e. The van der Waals surface area contributed by atoms with Crippen molar-refractivity contribution in [3.63, 3.8) is 0 Å². The minimum Gasteiger partial charge on any atom is -0.497 e. The Morgan fingerprint density at radius 3 is 2.38 bits per heavy atom. The summed E-state index contributed by atoms with van der Waals surface area (Å²) in [6, 6.07) is 8.12. The number of aryl methyl sites for hydroxylation is 1. The lowest BCUT2D eigenvalue weighted by molar-refractivity contribution is -0.111. The molecule has 0 aromatic heterocycles. The number of hydrogen-bond acceptors (Lipinski definition) is 3. The van der Waals surface area contributed by atoms with Crippen LogP contribution in [0.4, 0.5) is 0 Å². The van der Waals surface area contributed by atoms with Gasteiger partial charge in [0.05, 0.1) is 13.7 Å². The highest BCUT2D eigenvalue weighted by molar-refractivity contribution is 5.27. The molecule has 3 heteroatoms. The summed E-state index contributed by atoms with van der Waals surface area (Å²) in [6.45, 7) is 2.62. The maximum atomic E-state index is 5.41. The van der Waals surface area contributed by atoms with E-state index in [0.29, 0.717) is 0 Å². The quantitative estimate of drug-likeness (QED) is 0.526. The molecule has 1 rings (SSSR count). The Kier molecular flexibility index (Phi) is 5.90. The number of methoxy groups -OCH3 is 2. The second-order valence-electron chi connectivity index (χ2n) is 3.63. The van der Waals surface area contributed by atoms with Gasteiger partial charge in [-0.25, -0.2) is 0 Å². The zero-order valence-corrected chi connectivity index (χ0v) is 10.2. The highest BCUT2D eigenvalue weighted by Crippen LogP contribution is 2.12. The number of hydrogen-bond donors (Lipinski definition) is 0. The van der Waals surface area contributed by atoms with Crippen molar-refractivity contribution in [1.82, 2.24) is 0 Å². The summed E-state index contributed by atoms with van der Waals surface area (Å²) in [6.07, 6.45) is 1.90. The van der Waals surface area contributed by atoms with Gasteiger partial charge in [-0.05, 0) is 37.5 Å². The average Bonchev–Trinajstić information content (AvgIpc) is 2.35. The van der Waals surface area contributed by atoms with Crippen LogP contribution in [0.3, 0.4) is 0 Å². The van der Waals surface area contributed by atoms with E-state index in [2.05, 4.69) is 12.1 Å². The van der Waals surface area contributed by atoms with Gasteiger partial charge in [0.1, 0.15) is 5.75 Å². The van der Waals surface area contributed by atoms with Gasteiger partial charge in [0.15, 0.2) is 6.29 Å². The van der Waals surface area contributed by atoms with E-state index in [0.717, 1.165) is 25.2 Å². The Morgan fingerprint density at radius 1 is 1.12 bits per heavy atom. The molecule has 0 saturated heterocycles. The summed E-state index contributed by atoms with van der Waals surface area (Å²) in [4.78, 5) is 0. The van der Waals surface area contributed by atoms with Crippen LogP contribution in [0.25, 0.3) is 0 Å². The van der Waals surface area contributed by atoms with Crippen LogP contribution < -0.4 is 4.74 Å². The first-order chi connectivity index (χ1) is 7.76. The van der Waals surface area contributed by atoms with E-state index in [-0.39, 0.29) is 6.29 Å². The monoisotopic (exact) mass is 224 g/mol. The van der Waals surface area contributed by atoms with E-state index in [4.69, 9.17) is 14.2 Å². The van der Waals surface area contributed by atoms with Crippen LogP contribution in [-0.4, -0.2) is 27.1 Å². The Bertz CT molecular complexity index is 282. The fraction of sp³-hybridized carbons (Fsp3) is 0.538. The summed E-state index contributed by atoms with van der Waals surface area (Å²) >= 11 is 0. The summed E-state index contributed by atoms with van der Waals surface area (Å²) in [5.74, 6) is 0.896. The molecule has 1 unspecified atom stereocenters. The normalized spacial score (nSPS) is 12.4. The van der Waals surface area contributed by atoms with E-state index in [1.807, 2.05) is 19.1 Å². The van der Waals surface area contributed by atoms with Gasteiger partial charge in [-0.1, -0.05) is 12.1 Å². The lowest BCUT2D eigenvalue weighted by atomic mass is 10.1. The van der Waals surface area contributed by atoms with E-state index in [1.54, 1.807) is 14.2 Å². The van der Waals surface area contributed by atoms with Crippen LogP contribution in [0, 0.1) is 0 Å². The minimum atomic E-state index is -0.115. The van der Waals surface area contributed by atoms with Crippen LogP contribution in [0.15, 0.2) is 24.3 Å². The van der Waals surface area contributed by atoms with Crippen LogP contribution in [0.5, 0.6) is 5.75 Å². The van der Waals surface area contributed by atoms with Crippen molar-refractivity contribution >= 4 is 0 Å². The van der Waals surface area contributed by atoms with Gasteiger partial charge in [0.25, 0.3) is 0 Å². The predicted molar refractivity (Wildman–Crippen MR) is 63.7 cm³/mol. The first-order valence-corrected chi connectivity index (χ1v) is 5.53. The molecule has 0 heterocycles. The zero-order valence-electron chi connectivity index (χ0n) is 10.2. The smallest absolute Gasteiger partial charge is 0.154 e. The third kappa shape index (κ3) is 4.64. The van der Waals surface area contributed by atoms with E-state index in [1.165, 1.54) is 5.56 Å². The predicted octanol–water partition coefficient (Wildman–Crippen LogP) is 2.64. The molecule has 0 fully saturated rings. The van der Waals surface area contributed by atoms with Gasteiger partial charge in [-0.3, -0.25) is 0 Å². The summed E-state index contributed by atoms with van der Waals surface area (Å²) in [5.41, 5.74) is 1.30. The Labute approximate surface area is 97.3 Å². The molecule has 16 heavy (non-hydrogen) atoms. The number of rotatable bonds is 7.